The molecule has 138 valence electrons. The van der Waals surface area contributed by atoms with Gasteiger partial charge in [0.2, 0.25) is 11.6 Å². The van der Waals surface area contributed by atoms with Crippen molar-refractivity contribution in [2.75, 3.05) is 6.61 Å². The van der Waals surface area contributed by atoms with Crippen LogP contribution in [0.2, 0.25) is 0 Å². The number of benzene rings is 2. The molecule has 2 aromatic carbocycles. The number of unbranched alkanes of at least 4 members (excludes halogenated alkanes) is 1. The molecule has 0 atom stereocenters. The van der Waals surface area contributed by atoms with Crippen LogP contribution in [0.4, 0.5) is 8.78 Å². The minimum absolute atomic E-state index is 0. The third-order valence-corrected chi connectivity index (χ3v) is 3.77. The van der Waals surface area contributed by atoms with E-state index in [1.165, 1.54) is 12.1 Å². The van der Waals surface area contributed by atoms with E-state index in [1.807, 2.05) is 6.92 Å². The first-order valence-electron chi connectivity index (χ1n) is 8.22. The van der Waals surface area contributed by atoms with Crippen LogP contribution in [0.15, 0.2) is 28.7 Å². The van der Waals surface area contributed by atoms with Gasteiger partial charge in [-0.1, -0.05) is 19.3 Å². The second kappa shape index (κ2) is 7.80. The van der Waals surface area contributed by atoms with E-state index in [0.29, 0.717) is 17.4 Å². The van der Waals surface area contributed by atoms with Crippen molar-refractivity contribution in [2.24, 2.45) is 0 Å². The summed E-state index contributed by atoms with van der Waals surface area (Å²) in [5.41, 5.74) is -0.140. The largest absolute Gasteiger partial charge is 0.490 e. The molecule has 0 aliphatic carbocycles. The fourth-order valence-electron chi connectivity index (χ4n) is 2.49. The monoisotopic (exact) mass is 360 g/mol. The van der Waals surface area contributed by atoms with Crippen LogP contribution in [0.3, 0.4) is 0 Å². The normalized spacial score (nSPS) is 10.2. The van der Waals surface area contributed by atoms with Gasteiger partial charge in [-0.05, 0) is 43.5 Å². The summed E-state index contributed by atoms with van der Waals surface area (Å²) in [5.74, 6) is 6.07. The smallest absolute Gasteiger partial charge is 0.209 e. The van der Waals surface area contributed by atoms with Crippen LogP contribution in [0.5, 0.6) is 11.5 Å². The molecule has 0 radical (unpaired) electrons. The van der Waals surface area contributed by atoms with Crippen LogP contribution < -0.4 is 9.47 Å². The van der Waals surface area contributed by atoms with Crippen molar-refractivity contribution in [1.29, 1.82) is 0 Å². The maximum absolute atomic E-state index is 14.6. The fourth-order valence-corrected chi connectivity index (χ4v) is 2.49. The van der Waals surface area contributed by atoms with Crippen molar-refractivity contribution in [3.8, 4) is 35.4 Å². The molecule has 0 amide bonds. The molecule has 3 nitrogen and oxygen atoms in total. The lowest BCUT2D eigenvalue weighted by Gasteiger charge is -2.06. The van der Waals surface area contributed by atoms with Gasteiger partial charge in [0.15, 0.2) is 22.7 Å². The summed E-state index contributed by atoms with van der Waals surface area (Å²) in [5, 5.41) is 0.916. The number of hydrogen-bond donors (Lipinski definition) is 0. The first-order valence-corrected chi connectivity index (χ1v) is 8.22. The lowest BCUT2D eigenvalue weighted by Crippen LogP contribution is -1.98. The Balaban J connectivity index is 0.00000261. The highest BCUT2D eigenvalue weighted by Gasteiger charge is 2.20. The van der Waals surface area contributed by atoms with Crippen molar-refractivity contribution in [1.82, 2.24) is 0 Å². The van der Waals surface area contributed by atoms with Gasteiger partial charge < -0.3 is 13.9 Å². The molecule has 0 saturated carbocycles. The molecule has 0 spiro atoms. The molecular weight excluding hydrogens is 338 g/mol. The van der Waals surface area contributed by atoms with Gasteiger partial charge in [0.05, 0.1) is 6.61 Å². The van der Waals surface area contributed by atoms with Crippen molar-refractivity contribution in [3.05, 3.63) is 35.9 Å². The number of hydrogen-bond acceptors (Lipinski definition) is 3. The fraction of sp³-hybridized carbons (Fsp3) is 0.238. The average Bonchev–Trinajstić information content (AvgIpc) is 3.03. The van der Waals surface area contributed by atoms with Gasteiger partial charge in [-0.25, -0.2) is 0 Å². The molecule has 0 saturated heterocycles. The highest BCUT2D eigenvalue weighted by molar-refractivity contribution is 6.06. The summed E-state index contributed by atoms with van der Waals surface area (Å²) in [7, 11) is 0. The molecule has 1 heterocycles. The quantitative estimate of drug-likeness (QED) is 0.404. The molecule has 0 fully saturated rings. The van der Waals surface area contributed by atoms with E-state index in [0.717, 1.165) is 12.8 Å². The van der Waals surface area contributed by atoms with Crippen LogP contribution in [-0.2, 0) is 0 Å². The van der Waals surface area contributed by atoms with Gasteiger partial charge in [-0.3, -0.25) is 0 Å². The number of fused-ring (bicyclic) bond motifs is 3. The molecule has 0 unspecified atom stereocenters. The maximum Gasteiger partial charge on any atom is 0.209 e. The Hall–Kier alpha value is -3.18. The van der Waals surface area contributed by atoms with Crippen molar-refractivity contribution < 1.29 is 27.0 Å². The average molecular weight is 360 g/mol. The topological polar surface area (TPSA) is 31.6 Å². The SMILES string of the molecule is CC#CC#COc1ccc2c(oc3c(F)c(OCCCC)ccc32)c1F.[HH].[HH].[HH]. The first-order chi connectivity index (χ1) is 12.7. The van der Waals surface area contributed by atoms with Crippen LogP contribution >= 0.6 is 0 Å². The van der Waals surface area contributed by atoms with Gasteiger partial charge in [0.1, 0.15) is 6.11 Å². The molecule has 5 heteroatoms. The molecule has 0 aliphatic rings. The summed E-state index contributed by atoms with van der Waals surface area (Å²) >= 11 is 0. The standard InChI is InChI=1S/C21H16F2O3.3H2/c1-3-5-7-13-25-17-11-9-15-14-8-10-16(24-12-6-4-2)18(22)20(14)26-21(15)19(17)23;;;/h8-11H,4,6,12H2,1-2H3;3*1H. The van der Waals surface area contributed by atoms with E-state index in [-0.39, 0.29) is 26.9 Å². The summed E-state index contributed by atoms with van der Waals surface area (Å²) in [6.07, 6.45) is 4.05. The van der Waals surface area contributed by atoms with Crippen LogP contribution in [-0.4, -0.2) is 6.61 Å². The second-order valence-electron chi connectivity index (χ2n) is 5.52. The Morgan fingerprint density at radius 1 is 1.00 bits per heavy atom. The van der Waals surface area contributed by atoms with E-state index in [4.69, 9.17) is 13.9 Å². The van der Waals surface area contributed by atoms with Gasteiger partial charge in [0.25, 0.3) is 0 Å². The minimum atomic E-state index is -0.745. The summed E-state index contributed by atoms with van der Waals surface area (Å²) in [6, 6.07) is 6.20. The summed E-state index contributed by atoms with van der Waals surface area (Å²) in [6.45, 7) is 4.05. The molecule has 1 aromatic heterocycles. The minimum Gasteiger partial charge on any atom is -0.490 e. The van der Waals surface area contributed by atoms with Gasteiger partial charge in [0, 0.05) is 21.0 Å². The van der Waals surface area contributed by atoms with Crippen molar-refractivity contribution in [2.45, 2.75) is 26.7 Å². The van der Waals surface area contributed by atoms with Crippen molar-refractivity contribution >= 4 is 21.9 Å². The maximum atomic E-state index is 14.6. The molecule has 3 rings (SSSR count). The van der Waals surface area contributed by atoms with Crippen LogP contribution in [0.25, 0.3) is 21.9 Å². The Bertz CT molecular complexity index is 1090. The number of ether oxygens (including phenoxy) is 2. The van der Waals surface area contributed by atoms with Crippen LogP contribution in [0, 0.1) is 35.5 Å². The molecule has 0 aliphatic heterocycles. The molecule has 0 N–H and O–H groups in total. The summed E-state index contributed by atoms with van der Waals surface area (Å²) < 4.78 is 45.2. The van der Waals surface area contributed by atoms with Gasteiger partial charge in [-0.15, -0.1) is 0 Å². The first kappa shape index (κ1) is 17.6. The Morgan fingerprint density at radius 3 is 2.31 bits per heavy atom. The lowest BCUT2D eigenvalue weighted by atomic mass is 10.1. The van der Waals surface area contributed by atoms with E-state index < -0.39 is 11.6 Å². The number of furan rings is 1. The molecule has 26 heavy (non-hydrogen) atoms. The Labute approximate surface area is 154 Å². The Morgan fingerprint density at radius 2 is 1.65 bits per heavy atom. The molecular formula is C21H22F2O3. The Kier molecular flexibility index (Phi) is 5.29. The zero-order chi connectivity index (χ0) is 18.5. The summed E-state index contributed by atoms with van der Waals surface area (Å²) in [4.78, 5) is 0. The predicted octanol–water partition coefficient (Wildman–Crippen LogP) is 6.14. The van der Waals surface area contributed by atoms with E-state index in [9.17, 15) is 8.78 Å². The third-order valence-electron chi connectivity index (χ3n) is 3.77. The molecule has 0 bridgehead atoms. The van der Waals surface area contributed by atoms with E-state index >= 15 is 0 Å². The van der Waals surface area contributed by atoms with Gasteiger partial charge in [-0.2, -0.15) is 8.78 Å². The van der Waals surface area contributed by atoms with Gasteiger partial charge >= 0.3 is 0 Å². The second-order valence-corrected chi connectivity index (χ2v) is 5.52. The zero-order valence-corrected chi connectivity index (χ0v) is 14.4. The lowest BCUT2D eigenvalue weighted by molar-refractivity contribution is 0.294. The highest BCUT2D eigenvalue weighted by Crippen LogP contribution is 2.37. The number of rotatable bonds is 5. The molecule has 3 aromatic rings. The predicted molar refractivity (Wildman–Crippen MR) is 102 cm³/mol. The van der Waals surface area contributed by atoms with E-state index in [1.54, 1.807) is 19.1 Å². The highest BCUT2D eigenvalue weighted by atomic mass is 19.1. The third kappa shape index (κ3) is 3.30. The number of halogens is 2. The van der Waals surface area contributed by atoms with Crippen LogP contribution in [0.1, 0.15) is 31.0 Å². The zero-order valence-electron chi connectivity index (χ0n) is 14.4. The van der Waals surface area contributed by atoms with E-state index in [2.05, 4.69) is 23.9 Å². The van der Waals surface area contributed by atoms with Crippen molar-refractivity contribution in [3.63, 3.8) is 0 Å².